The van der Waals surface area contributed by atoms with E-state index in [1.165, 1.54) is 5.56 Å². The molecule has 1 atom stereocenters. The van der Waals surface area contributed by atoms with Gasteiger partial charge < -0.3 is 19.5 Å². The Morgan fingerprint density at radius 1 is 1.30 bits per heavy atom. The maximum atomic E-state index is 5.93. The Kier molecular flexibility index (Phi) is 5.81. The zero-order valence-corrected chi connectivity index (χ0v) is 16.7. The molecule has 27 heavy (non-hydrogen) atoms. The summed E-state index contributed by atoms with van der Waals surface area (Å²) in [6, 6.07) is 10.3. The van der Waals surface area contributed by atoms with E-state index in [0.717, 1.165) is 29.2 Å². The molecule has 2 heterocycles. The fraction of sp³-hybridized carbons (Fsp3) is 0.400. The zero-order valence-electron chi connectivity index (χ0n) is 16.7. The molecule has 7 heteroatoms. The van der Waals surface area contributed by atoms with Crippen molar-refractivity contribution in [2.75, 3.05) is 34.7 Å². The molecule has 0 saturated heterocycles. The standard InChI is InChI=1S/C20H28N6O/c1-21-20(22-12-18(24(2)3)16-11-23-26(5)13-16)25(4)14-17-10-15-8-6-7-9-19(15)27-17/h6-11,13,18H,12,14H2,1-5H3,(H,21,22). The van der Waals surface area contributed by atoms with Crippen LogP contribution in [0.1, 0.15) is 17.4 Å². The summed E-state index contributed by atoms with van der Waals surface area (Å²) >= 11 is 0. The normalized spacial score (nSPS) is 13.3. The number of rotatable bonds is 6. The smallest absolute Gasteiger partial charge is 0.193 e. The van der Waals surface area contributed by atoms with Crippen molar-refractivity contribution >= 4 is 16.9 Å². The Hall–Kier alpha value is -2.80. The van der Waals surface area contributed by atoms with Gasteiger partial charge in [0.15, 0.2) is 5.96 Å². The lowest BCUT2D eigenvalue weighted by atomic mass is 10.1. The lowest BCUT2D eigenvalue weighted by Gasteiger charge is -2.27. The number of aliphatic imine (C=N–C) groups is 1. The lowest BCUT2D eigenvalue weighted by molar-refractivity contribution is 0.294. The minimum atomic E-state index is 0.204. The number of benzene rings is 1. The van der Waals surface area contributed by atoms with Crippen molar-refractivity contribution in [3.8, 4) is 0 Å². The number of fused-ring (bicyclic) bond motifs is 1. The summed E-state index contributed by atoms with van der Waals surface area (Å²) in [6.07, 6.45) is 3.96. The van der Waals surface area contributed by atoms with E-state index in [9.17, 15) is 0 Å². The summed E-state index contributed by atoms with van der Waals surface area (Å²) < 4.78 is 7.75. The number of hydrogen-bond acceptors (Lipinski definition) is 4. The van der Waals surface area contributed by atoms with Gasteiger partial charge in [-0.1, -0.05) is 18.2 Å². The Balaban J connectivity index is 1.65. The second kappa shape index (κ2) is 8.26. The average molecular weight is 368 g/mol. The third-order valence-corrected chi connectivity index (χ3v) is 4.63. The summed E-state index contributed by atoms with van der Waals surface area (Å²) in [7, 11) is 9.88. The van der Waals surface area contributed by atoms with Gasteiger partial charge in [-0.2, -0.15) is 5.10 Å². The molecule has 0 spiro atoms. The van der Waals surface area contributed by atoms with Gasteiger partial charge in [0.1, 0.15) is 11.3 Å². The zero-order chi connectivity index (χ0) is 19.4. The van der Waals surface area contributed by atoms with Crippen LogP contribution in [0, 0.1) is 0 Å². The topological polar surface area (TPSA) is 61.8 Å². The number of furan rings is 1. The molecule has 0 aliphatic rings. The van der Waals surface area contributed by atoms with Crippen molar-refractivity contribution in [2.24, 2.45) is 12.0 Å². The molecule has 144 valence electrons. The second-order valence-electron chi connectivity index (χ2n) is 6.96. The summed E-state index contributed by atoms with van der Waals surface area (Å²) in [5, 5.41) is 8.87. The molecule has 0 fully saturated rings. The van der Waals surface area contributed by atoms with Crippen molar-refractivity contribution in [1.82, 2.24) is 24.9 Å². The quantitative estimate of drug-likeness (QED) is 0.535. The van der Waals surface area contributed by atoms with Crippen LogP contribution in [0.25, 0.3) is 11.0 Å². The first-order valence-corrected chi connectivity index (χ1v) is 9.02. The van der Waals surface area contributed by atoms with Crippen LogP contribution < -0.4 is 5.32 Å². The number of nitrogens with one attached hydrogen (secondary N) is 1. The van der Waals surface area contributed by atoms with Gasteiger partial charge in [0.25, 0.3) is 0 Å². The van der Waals surface area contributed by atoms with Crippen molar-refractivity contribution < 1.29 is 4.42 Å². The number of aromatic nitrogens is 2. The van der Waals surface area contributed by atoms with Crippen molar-refractivity contribution in [3.63, 3.8) is 0 Å². The number of likely N-dealkylation sites (N-methyl/N-ethyl adjacent to an activating group) is 1. The molecule has 1 N–H and O–H groups in total. The van der Waals surface area contributed by atoms with Crippen LogP contribution in [0.4, 0.5) is 0 Å². The Bertz CT molecular complexity index is 877. The van der Waals surface area contributed by atoms with E-state index in [2.05, 4.69) is 51.4 Å². The van der Waals surface area contributed by atoms with Crippen molar-refractivity contribution in [3.05, 3.63) is 54.0 Å². The minimum Gasteiger partial charge on any atom is -0.459 e. The van der Waals surface area contributed by atoms with Crippen molar-refractivity contribution in [2.45, 2.75) is 12.6 Å². The molecule has 0 saturated carbocycles. The SMILES string of the molecule is CN=C(NCC(c1cnn(C)c1)N(C)C)N(C)Cc1cc2ccccc2o1. The molecule has 0 radical (unpaired) electrons. The maximum Gasteiger partial charge on any atom is 0.193 e. The highest BCUT2D eigenvalue weighted by Gasteiger charge is 2.18. The van der Waals surface area contributed by atoms with Gasteiger partial charge >= 0.3 is 0 Å². The van der Waals surface area contributed by atoms with E-state index in [1.807, 2.05) is 49.4 Å². The van der Waals surface area contributed by atoms with E-state index < -0.39 is 0 Å². The van der Waals surface area contributed by atoms with E-state index in [4.69, 9.17) is 4.42 Å². The van der Waals surface area contributed by atoms with E-state index in [1.54, 1.807) is 7.05 Å². The van der Waals surface area contributed by atoms with Crippen LogP contribution in [0.3, 0.4) is 0 Å². The number of aryl methyl sites for hydroxylation is 1. The summed E-state index contributed by atoms with van der Waals surface area (Å²) in [4.78, 5) is 8.66. The first-order chi connectivity index (χ1) is 13.0. The van der Waals surface area contributed by atoms with E-state index in [0.29, 0.717) is 6.54 Å². The fourth-order valence-electron chi connectivity index (χ4n) is 3.21. The fourth-order valence-corrected chi connectivity index (χ4v) is 3.21. The molecule has 0 bridgehead atoms. The van der Waals surface area contributed by atoms with E-state index in [-0.39, 0.29) is 6.04 Å². The number of para-hydroxylation sites is 1. The molecule has 0 aliphatic carbocycles. The Morgan fingerprint density at radius 3 is 2.70 bits per heavy atom. The van der Waals surface area contributed by atoms with Gasteiger partial charge in [-0.25, -0.2) is 0 Å². The molecule has 7 nitrogen and oxygen atoms in total. The van der Waals surface area contributed by atoms with Crippen LogP contribution in [-0.2, 0) is 13.6 Å². The molecular formula is C20H28N6O. The van der Waals surface area contributed by atoms with Crippen LogP contribution in [0.5, 0.6) is 0 Å². The second-order valence-corrected chi connectivity index (χ2v) is 6.96. The Labute approximate surface area is 160 Å². The van der Waals surface area contributed by atoms with E-state index >= 15 is 0 Å². The average Bonchev–Trinajstić information content (AvgIpc) is 3.23. The highest BCUT2D eigenvalue weighted by Crippen LogP contribution is 2.20. The highest BCUT2D eigenvalue weighted by molar-refractivity contribution is 5.80. The summed E-state index contributed by atoms with van der Waals surface area (Å²) in [5.74, 6) is 1.74. The molecule has 1 unspecified atom stereocenters. The molecule has 0 amide bonds. The molecule has 3 aromatic rings. The van der Waals surface area contributed by atoms with Gasteiger partial charge in [-0.3, -0.25) is 9.67 Å². The molecule has 0 aliphatic heterocycles. The predicted molar refractivity (Wildman–Crippen MR) is 109 cm³/mol. The maximum absolute atomic E-state index is 5.93. The molecule has 2 aromatic heterocycles. The molecular weight excluding hydrogens is 340 g/mol. The minimum absolute atomic E-state index is 0.204. The largest absolute Gasteiger partial charge is 0.459 e. The lowest BCUT2D eigenvalue weighted by Crippen LogP contribution is -2.42. The number of hydrogen-bond donors (Lipinski definition) is 1. The van der Waals surface area contributed by atoms with Gasteiger partial charge in [0.2, 0.25) is 0 Å². The number of guanidine groups is 1. The predicted octanol–water partition coefficient (Wildman–Crippen LogP) is 2.48. The van der Waals surface area contributed by atoms with Gasteiger partial charge in [-0.05, 0) is 26.2 Å². The van der Waals surface area contributed by atoms with Gasteiger partial charge in [0.05, 0.1) is 18.8 Å². The first-order valence-electron chi connectivity index (χ1n) is 9.02. The molecule has 1 aromatic carbocycles. The van der Waals surface area contributed by atoms with Crippen LogP contribution >= 0.6 is 0 Å². The van der Waals surface area contributed by atoms with Crippen LogP contribution in [-0.4, -0.2) is 60.3 Å². The third-order valence-electron chi connectivity index (χ3n) is 4.63. The van der Waals surface area contributed by atoms with Gasteiger partial charge in [-0.15, -0.1) is 0 Å². The van der Waals surface area contributed by atoms with Crippen LogP contribution in [0.15, 0.2) is 52.1 Å². The monoisotopic (exact) mass is 368 g/mol. The highest BCUT2D eigenvalue weighted by atomic mass is 16.3. The molecule has 3 rings (SSSR count). The van der Waals surface area contributed by atoms with Gasteiger partial charge in [0, 0.05) is 44.8 Å². The first kappa shape index (κ1) is 19.0. The summed E-state index contributed by atoms with van der Waals surface area (Å²) in [6.45, 7) is 1.38. The Morgan fingerprint density at radius 2 is 2.07 bits per heavy atom. The van der Waals surface area contributed by atoms with Crippen LogP contribution in [0.2, 0.25) is 0 Å². The van der Waals surface area contributed by atoms with Crippen molar-refractivity contribution in [1.29, 1.82) is 0 Å². The third kappa shape index (κ3) is 4.49. The summed E-state index contributed by atoms with van der Waals surface area (Å²) in [5.41, 5.74) is 2.08. The number of nitrogens with zero attached hydrogens (tertiary/aromatic N) is 5.